The third-order valence-corrected chi connectivity index (χ3v) is 12.1. The number of rotatable bonds is 49. The summed E-state index contributed by atoms with van der Waals surface area (Å²) in [5, 5.41) is 0. The number of phosphoric acid groups is 1. The standard InChI is InChI=1S/C63H102NO8P/c1-6-8-10-12-14-16-18-20-22-23-24-25-26-27-28-29-30-31-32-33-34-35-36-37-38-39-40-41-42-44-46-48-50-52-54-56-63(66)72-61(60-71-73(67,68)70-58-57-64(3,4)5)59-69-62(65)55-53-51-49-47-45-43-21-19-17-15-13-11-9-7-2/h8,10,13-16,19-22,24-25,27-28,30-31,33-34,36-37,39-40,42,44,61H,6-7,9,11-12,17-18,23,26,29,32,35,38,41,43,45-60H2,1-5H3/p+1/b10-8-,15-13-,16-14-,21-19-,22-20-,25-24-,28-27-,31-30-,34-33-,37-36-,40-39-,44-42-. The Bertz CT molecular complexity index is 1740. The summed E-state index contributed by atoms with van der Waals surface area (Å²) in [6, 6.07) is 0. The molecule has 0 fully saturated rings. The van der Waals surface area contributed by atoms with Crippen molar-refractivity contribution in [3.8, 4) is 0 Å². The summed E-state index contributed by atoms with van der Waals surface area (Å²) in [5.74, 6) is -0.857. The lowest BCUT2D eigenvalue weighted by Gasteiger charge is -2.24. The van der Waals surface area contributed by atoms with E-state index in [0.717, 1.165) is 135 Å². The number of ether oxygens (including phenoxy) is 2. The smallest absolute Gasteiger partial charge is 0.462 e. The average molecular weight is 1030 g/mol. The minimum atomic E-state index is -4.40. The van der Waals surface area contributed by atoms with Crippen LogP contribution in [0, 0.1) is 0 Å². The van der Waals surface area contributed by atoms with Crippen LogP contribution in [0.1, 0.15) is 187 Å². The second-order valence-corrected chi connectivity index (χ2v) is 20.7. The molecule has 0 aromatic heterocycles. The quantitative estimate of drug-likeness (QED) is 0.0211. The van der Waals surface area contributed by atoms with E-state index in [9.17, 15) is 19.0 Å². The Morgan fingerprint density at radius 3 is 1.16 bits per heavy atom. The number of esters is 2. The number of quaternary nitrogens is 1. The largest absolute Gasteiger partial charge is 0.472 e. The van der Waals surface area contributed by atoms with Crippen LogP contribution in [0.4, 0.5) is 0 Å². The highest BCUT2D eigenvalue weighted by Gasteiger charge is 2.27. The molecule has 0 rings (SSSR count). The number of hydrogen-bond acceptors (Lipinski definition) is 7. The first-order valence-corrected chi connectivity index (χ1v) is 29.6. The average Bonchev–Trinajstić information content (AvgIpc) is 3.35. The Morgan fingerprint density at radius 1 is 0.438 bits per heavy atom. The van der Waals surface area contributed by atoms with Crippen molar-refractivity contribution >= 4 is 19.8 Å². The Balaban J connectivity index is 4.26. The first-order valence-electron chi connectivity index (χ1n) is 28.1. The Kier molecular flexibility index (Phi) is 49.8. The van der Waals surface area contributed by atoms with Gasteiger partial charge in [-0.3, -0.25) is 18.6 Å². The van der Waals surface area contributed by atoms with Gasteiger partial charge in [-0.25, -0.2) is 4.57 Å². The van der Waals surface area contributed by atoms with Crippen LogP contribution in [0.25, 0.3) is 0 Å². The second-order valence-electron chi connectivity index (χ2n) is 19.2. The van der Waals surface area contributed by atoms with Crippen molar-refractivity contribution in [1.29, 1.82) is 0 Å². The van der Waals surface area contributed by atoms with Crippen molar-refractivity contribution in [2.45, 2.75) is 193 Å². The number of phosphoric ester groups is 1. The molecular formula is C63H103NO8P+. The summed E-state index contributed by atoms with van der Waals surface area (Å²) < 4.78 is 34.4. The zero-order valence-corrected chi connectivity index (χ0v) is 47.4. The van der Waals surface area contributed by atoms with E-state index in [1.165, 1.54) is 12.8 Å². The molecule has 2 unspecified atom stereocenters. The molecule has 0 aromatic carbocycles. The molecule has 412 valence electrons. The maximum absolute atomic E-state index is 12.8. The van der Waals surface area contributed by atoms with Crippen molar-refractivity contribution in [3.63, 3.8) is 0 Å². The molecule has 0 heterocycles. The highest BCUT2D eigenvalue weighted by atomic mass is 31.2. The van der Waals surface area contributed by atoms with Crippen molar-refractivity contribution in [3.05, 3.63) is 146 Å². The predicted octanol–water partition coefficient (Wildman–Crippen LogP) is 17.5. The number of likely N-dealkylation sites (N-methyl/N-ethyl adjacent to an activating group) is 1. The number of carbonyl (C=O) groups excluding carboxylic acids is 2. The van der Waals surface area contributed by atoms with Crippen LogP contribution >= 0.6 is 7.82 Å². The Morgan fingerprint density at radius 2 is 0.781 bits per heavy atom. The minimum absolute atomic E-state index is 0.0155. The maximum atomic E-state index is 12.8. The number of unbranched alkanes of at least 4 members (excludes halogenated alkanes) is 11. The molecule has 0 saturated heterocycles. The first-order chi connectivity index (χ1) is 35.5. The van der Waals surface area contributed by atoms with E-state index in [0.29, 0.717) is 23.9 Å². The second kappa shape index (κ2) is 52.7. The summed E-state index contributed by atoms with van der Waals surface area (Å²) >= 11 is 0. The molecular weight excluding hydrogens is 930 g/mol. The fourth-order valence-electron chi connectivity index (χ4n) is 6.76. The SMILES string of the molecule is CC/C=C\C/C=C\C/C=C\C/C=C\C/C=C\C/C=C\C/C=C\C/C=C\C/C=C\C/C=C\CCCCCCC(=O)OC(COC(=O)CCCCCCC/C=C\C/C=C\CCCC)COP(=O)(O)OCC[N+](C)(C)C. The van der Waals surface area contributed by atoms with Gasteiger partial charge < -0.3 is 18.9 Å². The van der Waals surface area contributed by atoms with E-state index in [-0.39, 0.29) is 26.1 Å². The van der Waals surface area contributed by atoms with Gasteiger partial charge in [-0.05, 0) is 116 Å². The number of allylic oxidation sites excluding steroid dienone is 24. The van der Waals surface area contributed by atoms with Gasteiger partial charge in [-0.15, -0.1) is 0 Å². The van der Waals surface area contributed by atoms with E-state index < -0.39 is 32.5 Å². The fraction of sp³-hybridized carbons (Fsp3) is 0.587. The van der Waals surface area contributed by atoms with Gasteiger partial charge in [-0.1, -0.05) is 205 Å². The summed E-state index contributed by atoms with van der Waals surface area (Å²) in [7, 11) is 1.43. The van der Waals surface area contributed by atoms with Gasteiger partial charge in [0.1, 0.15) is 19.8 Å². The first kappa shape index (κ1) is 68.9. The molecule has 0 amide bonds. The van der Waals surface area contributed by atoms with Crippen LogP contribution < -0.4 is 0 Å². The third-order valence-electron chi connectivity index (χ3n) is 11.1. The molecule has 0 spiro atoms. The predicted molar refractivity (Wildman–Crippen MR) is 311 cm³/mol. The molecule has 0 aliphatic carbocycles. The normalized spacial score (nSPS) is 14.4. The van der Waals surface area contributed by atoms with Gasteiger partial charge in [0, 0.05) is 12.8 Å². The molecule has 9 nitrogen and oxygen atoms in total. The van der Waals surface area contributed by atoms with Crippen molar-refractivity contribution in [2.24, 2.45) is 0 Å². The van der Waals surface area contributed by atoms with Gasteiger partial charge in [0.05, 0.1) is 27.7 Å². The molecule has 2 atom stereocenters. The van der Waals surface area contributed by atoms with Crippen LogP contribution in [0.15, 0.2) is 146 Å². The van der Waals surface area contributed by atoms with Crippen molar-refractivity contribution < 1.29 is 42.1 Å². The van der Waals surface area contributed by atoms with Gasteiger partial charge in [-0.2, -0.15) is 0 Å². The molecule has 0 saturated carbocycles. The summed E-state index contributed by atoms with van der Waals surface area (Å²) in [6.07, 6.45) is 77.7. The Labute approximate surface area is 446 Å². The highest BCUT2D eigenvalue weighted by Crippen LogP contribution is 2.43. The molecule has 0 aliphatic heterocycles. The van der Waals surface area contributed by atoms with Gasteiger partial charge in [0.25, 0.3) is 0 Å². The van der Waals surface area contributed by atoms with Crippen molar-refractivity contribution in [1.82, 2.24) is 0 Å². The van der Waals surface area contributed by atoms with Gasteiger partial charge in [0.15, 0.2) is 6.10 Å². The molecule has 0 radical (unpaired) electrons. The van der Waals surface area contributed by atoms with Crippen LogP contribution in [0.5, 0.6) is 0 Å². The third kappa shape index (κ3) is 57.0. The van der Waals surface area contributed by atoms with Crippen LogP contribution in [0.3, 0.4) is 0 Å². The van der Waals surface area contributed by atoms with Crippen molar-refractivity contribution in [2.75, 3.05) is 47.5 Å². The summed E-state index contributed by atoms with van der Waals surface area (Å²) in [6.45, 7) is 4.19. The minimum Gasteiger partial charge on any atom is -0.462 e. The molecule has 1 N–H and O–H groups in total. The number of carbonyl (C=O) groups is 2. The lowest BCUT2D eigenvalue weighted by molar-refractivity contribution is -0.870. The maximum Gasteiger partial charge on any atom is 0.472 e. The van der Waals surface area contributed by atoms with E-state index in [4.69, 9.17) is 18.5 Å². The van der Waals surface area contributed by atoms with E-state index in [2.05, 4.69) is 160 Å². The van der Waals surface area contributed by atoms with E-state index >= 15 is 0 Å². The lowest BCUT2D eigenvalue weighted by Crippen LogP contribution is -2.37. The molecule has 0 aliphatic rings. The van der Waals surface area contributed by atoms with E-state index in [1.807, 2.05) is 21.1 Å². The molecule has 73 heavy (non-hydrogen) atoms. The summed E-state index contributed by atoms with van der Waals surface area (Å²) in [4.78, 5) is 35.6. The van der Waals surface area contributed by atoms with Crippen LogP contribution in [-0.2, 0) is 32.7 Å². The monoisotopic (exact) mass is 1030 g/mol. The zero-order chi connectivity index (χ0) is 53.5. The van der Waals surface area contributed by atoms with Crippen LogP contribution in [0.2, 0.25) is 0 Å². The molecule has 0 aromatic rings. The van der Waals surface area contributed by atoms with Crippen LogP contribution in [-0.4, -0.2) is 74.9 Å². The zero-order valence-electron chi connectivity index (χ0n) is 46.6. The number of hydrogen-bond donors (Lipinski definition) is 1. The molecule has 10 heteroatoms. The van der Waals surface area contributed by atoms with E-state index in [1.54, 1.807) is 0 Å². The topological polar surface area (TPSA) is 108 Å². The highest BCUT2D eigenvalue weighted by molar-refractivity contribution is 7.47. The molecule has 0 bridgehead atoms. The fourth-order valence-corrected chi connectivity index (χ4v) is 7.50. The number of nitrogens with zero attached hydrogens (tertiary/aromatic N) is 1. The summed E-state index contributed by atoms with van der Waals surface area (Å²) in [5.41, 5.74) is 0. The van der Waals surface area contributed by atoms with Gasteiger partial charge in [0.2, 0.25) is 0 Å². The lowest BCUT2D eigenvalue weighted by atomic mass is 10.1. The Hall–Kier alpha value is -4.11. The van der Waals surface area contributed by atoms with Gasteiger partial charge >= 0.3 is 19.8 Å².